The van der Waals surface area contributed by atoms with Crippen molar-refractivity contribution in [3.63, 3.8) is 0 Å². The number of hydrogen-bond donors (Lipinski definition) is 2. The van der Waals surface area contributed by atoms with Gasteiger partial charge >= 0.3 is 0 Å². The number of piperidine rings is 1. The number of likely N-dealkylation sites (tertiary alicyclic amines) is 1. The molecule has 1 aliphatic heterocycles. The lowest BCUT2D eigenvalue weighted by Crippen LogP contribution is -2.47. The molecule has 0 spiro atoms. The van der Waals surface area contributed by atoms with E-state index in [4.69, 9.17) is 0 Å². The number of aromatic amines is 1. The fourth-order valence-corrected chi connectivity index (χ4v) is 4.31. The van der Waals surface area contributed by atoms with Crippen molar-refractivity contribution in [3.8, 4) is 0 Å². The SMILES string of the molecule is O=C(NC1CCCCC1)[C@@H]1CCCN(C(=O)c2ccc3cc[nH]c3c2)C1. The third-order valence-electron chi connectivity index (χ3n) is 5.83. The van der Waals surface area contributed by atoms with Gasteiger partial charge in [0.2, 0.25) is 5.91 Å². The number of fused-ring (bicyclic) bond motifs is 1. The zero-order chi connectivity index (χ0) is 17.9. The quantitative estimate of drug-likeness (QED) is 0.887. The van der Waals surface area contributed by atoms with E-state index in [-0.39, 0.29) is 17.7 Å². The minimum Gasteiger partial charge on any atom is -0.361 e. The minimum absolute atomic E-state index is 0.0247. The molecule has 4 rings (SSSR count). The number of nitrogens with one attached hydrogen (secondary N) is 2. The fourth-order valence-electron chi connectivity index (χ4n) is 4.31. The molecular weight excluding hydrogens is 326 g/mol. The van der Waals surface area contributed by atoms with Crippen molar-refractivity contribution in [2.75, 3.05) is 13.1 Å². The predicted molar refractivity (Wildman–Crippen MR) is 102 cm³/mol. The number of benzene rings is 1. The third-order valence-corrected chi connectivity index (χ3v) is 5.83. The Labute approximate surface area is 154 Å². The van der Waals surface area contributed by atoms with Crippen LogP contribution in [0, 0.1) is 5.92 Å². The highest BCUT2D eigenvalue weighted by atomic mass is 16.2. The van der Waals surface area contributed by atoms with Crippen LogP contribution in [0.1, 0.15) is 55.3 Å². The molecule has 138 valence electrons. The number of carbonyl (C=O) groups is 2. The van der Waals surface area contributed by atoms with Crippen molar-refractivity contribution in [1.82, 2.24) is 15.2 Å². The van der Waals surface area contributed by atoms with E-state index in [0.717, 1.165) is 43.1 Å². The lowest BCUT2D eigenvalue weighted by Gasteiger charge is -2.33. The number of nitrogens with zero attached hydrogens (tertiary/aromatic N) is 1. The predicted octanol–water partition coefficient (Wildman–Crippen LogP) is 3.47. The molecule has 2 fully saturated rings. The van der Waals surface area contributed by atoms with Gasteiger partial charge in [0.05, 0.1) is 5.92 Å². The molecule has 5 nitrogen and oxygen atoms in total. The van der Waals surface area contributed by atoms with Gasteiger partial charge in [0.25, 0.3) is 5.91 Å². The first-order valence-electron chi connectivity index (χ1n) is 9.87. The number of carbonyl (C=O) groups excluding carboxylic acids is 2. The number of amides is 2. The van der Waals surface area contributed by atoms with Crippen molar-refractivity contribution in [1.29, 1.82) is 0 Å². The third kappa shape index (κ3) is 3.62. The van der Waals surface area contributed by atoms with Crippen LogP contribution in [-0.2, 0) is 4.79 Å². The Bertz CT molecular complexity index is 791. The maximum Gasteiger partial charge on any atom is 0.253 e. The zero-order valence-electron chi connectivity index (χ0n) is 15.2. The molecule has 2 aromatic rings. The van der Waals surface area contributed by atoms with Crippen LogP contribution in [-0.4, -0.2) is 40.8 Å². The summed E-state index contributed by atoms with van der Waals surface area (Å²) < 4.78 is 0. The van der Waals surface area contributed by atoms with Crippen molar-refractivity contribution in [3.05, 3.63) is 36.0 Å². The Hall–Kier alpha value is -2.30. The molecule has 1 saturated heterocycles. The van der Waals surface area contributed by atoms with Gasteiger partial charge in [-0.3, -0.25) is 9.59 Å². The van der Waals surface area contributed by atoms with Crippen LogP contribution in [0.5, 0.6) is 0 Å². The highest BCUT2D eigenvalue weighted by Gasteiger charge is 2.30. The first-order valence-corrected chi connectivity index (χ1v) is 9.87. The average Bonchev–Trinajstić information content (AvgIpc) is 3.16. The van der Waals surface area contributed by atoms with E-state index in [2.05, 4.69) is 10.3 Å². The molecule has 2 heterocycles. The largest absolute Gasteiger partial charge is 0.361 e. The van der Waals surface area contributed by atoms with Gasteiger partial charge in [-0.25, -0.2) is 0 Å². The van der Waals surface area contributed by atoms with Gasteiger partial charge in [-0.15, -0.1) is 0 Å². The highest BCUT2D eigenvalue weighted by molar-refractivity contribution is 5.98. The molecule has 1 atom stereocenters. The van der Waals surface area contributed by atoms with Crippen LogP contribution in [0.3, 0.4) is 0 Å². The summed E-state index contributed by atoms with van der Waals surface area (Å²) in [6.45, 7) is 1.26. The summed E-state index contributed by atoms with van der Waals surface area (Å²) in [6.07, 6.45) is 9.53. The Morgan fingerprint density at radius 1 is 1.04 bits per heavy atom. The van der Waals surface area contributed by atoms with Crippen LogP contribution < -0.4 is 5.32 Å². The van der Waals surface area contributed by atoms with Crippen LogP contribution in [0.4, 0.5) is 0 Å². The number of rotatable bonds is 3. The molecule has 26 heavy (non-hydrogen) atoms. The Morgan fingerprint density at radius 3 is 2.73 bits per heavy atom. The van der Waals surface area contributed by atoms with Crippen molar-refractivity contribution < 1.29 is 9.59 Å². The standard InChI is InChI=1S/C21H27N3O2/c25-20(23-18-6-2-1-3-7-18)17-5-4-12-24(14-17)21(26)16-9-8-15-10-11-22-19(15)13-16/h8-11,13,17-18,22H,1-7,12,14H2,(H,23,25)/t17-/m1/s1. The van der Waals surface area contributed by atoms with E-state index in [9.17, 15) is 9.59 Å². The molecule has 1 aromatic carbocycles. The van der Waals surface area contributed by atoms with Gasteiger partial charge in [-0.1, -0.05) is 25.3 Å². The summed E-state index contributed by atoms with van der Waals surface area (Å²) >= 11 is 0. The molecule has 2 aliphatic rings. The molecule has 0 bridgehead atoms. The van der Waals surface area contributed by atoms with Gasteiger partial charge < -0.3 is 15.2 Å². The Kier molecular flexibility index (Phi) is 4.96. The van der Waals surface area contributed by atoms with E-state index in [0.29, 0.717) is 18.2 Å². The van der Waals surface area contributed by atoms with Crippen LogP contribution >= 0.6 is 0 Å². The van der Waals surface area contributed by atoms with Crippen LogP contribution in [0.2, 0.25) is 0 Å². The topological polar surface area (TPSA) is 65.2 Å². The van der Waals surface area contributed by atoms with E-state index < -0.39 is 0 Å². The molecule has 0 unspecified atom stereocenters. The summed E-state index contributed by atoms with van der Waals surface area (Å²) in [5.74, 6) is 0.0785. The minimum atomic E-state index is -0.0798. The number of hydrogen-bond acceptors (Lipinski definition) is 2. The normalized spacial score (nSPS) is 21.7. The summed E-state index contributed by atoms with van der Waals surface area (Å²) in [4.78, 5) is 30.6. The van der Waals surface area contributed by atoms with Crippen molar-refractivity contribution >= 4 is 22.7 Å². The average molecular weight is 353 g/mol. The summed E-state index contributed by atoms with van der Waals surface area (Å²) in [5.41, 5.74) is 1.66. The maximum atomic E-state index is 12.9. The molecule has 2 N–H and O–H groups in total. The zero-order valence-corrected chi connectivity index (χ0v) is 15.2. The Balaban J connectivity index is 1.40. The molecule has 0 radical (unpaired) electrons. The molecule has 2 amide bonds. The molecule has 1 saturated carbocycles. The van der Waals surface area contributed by atoms with E-state index >= 15 is 0 Å². The second-order valence-electron chi connectivity index (χ2n) is 7.71. The van der Waals surface area contributed by atoms with E-state index in [1.807, 2.05) is 35.4 Å². The van der Waals surface area contributed by atoms with E-state index in [1.54, 1.807) is 0 Å². The highest BCUT2D eigenvalue weighted by Crippen LogP contribution is 2.23. The van der Waals surface area contributed by atoms with Crippen LogP contribution in [0.15, 0.2) is 30.5 Å². The molecule has 1 aromatic heterocycles. The molecule has 5 heteroatoms. The van der Waals surface area contributed by atoms with Gasteiger partial charge in [0.15, 0.2) is 0 Å². The van der Waals surface area contributed by atoms with Crippen LogP contribution in [0.25, 0.3) is 10.9 Å². The van der Waals surface area contributed by atoms with Gasteiger partial charge in [0, 0.05) is 36.4 Å². The number of H-pyrrole nitrogens is 1. The lowest BCUT2D eigenvalue weighted by atomic mass is 9.92. The second kappa shape index (κ2) is 7.52. The summed E-state index contributed by atoms with van der Waals surface area (Å²) in [6, 6.07) is 8.08. The monoisotopic (exact) mass is 353 g/mol. The van der Waals surface area contributed by atoms with Crippen molar-refractivity contribution in [2.24, 2.45) is 5.92 Å². The van der Waals surface area contributed by atoms with Crippen molar-refractivity contribution in [2.45, 2.75) is 51.0 Å². The van der Waals surface area contributed by atoms with Gasteiger partial charge in [-0.05, 0) is 49.3 Å². The maximum absolute atomic E-state index is 12.9. The first-order chi connectivity index (χ1) is 12.7. The fraction of sp³-hybridized carbons (Fsp3) is 0.524. The summed E-state index contributed by atoms with van der Waals surface area (Å²) in [7, 11) is 0. The Morgan fingerprint density at radius 2 is 1.88 bits per heavy atom. The summed E-state index contributed by atoms with van der Waals surface area (Å²) in [5, 5.41) is 4.33. The van der Waals surface area contributed by atoms with Gasteiger partial charge in [0.1, 0.15) is 0 Å². The second-order valence-corrected chi connectivity index (χ2v) is 7.71. The van der Waals surface area contributed by atoms with E-state index in [1.165, 1.54) is 19.3 Å². The smallest absolute Gasteiger partial charge is 0.253 e. The molecule has 1 aliphatic carbocycles. The first kappa shape index (κ1) is 17.1. The number of aromatic nitrogens is 1. The lowest BCUT2D eigenvalue weighted by molar-refractivity contribution is -0.127. The van der Waals surface area contributed by atoms with Gasteiger partial charge in [-0.2, -0.15) is 0 Å². The molecular formula is C21H27N3O2.